The average Bonchev–Trinajstić information content (AvgIpc) is 2.86. The highest BCUT2D eigenvalue weighted by molar-refractivity contribution is 5.88. The molecule has 9 heteroatoms. The summed E-state index contributed by atoms with van der Waals surface area (Å²) in [7, 11) is 1.10. The summed E-state index contributed by atoms with van der Waals surface area (Å²) in [6, 6.07) is 1.28. The standard InChI is InChI=1S/C11H7F2N3O4/c1-20-11(19)9-14-4-16(15-9)8-6(12)2-5(10(17)18)3-7(8)13/h2-4H,1H3,(H,17,18). The summed E-state index contributed by atoms with van der Waals surface area (Å²) in [6.45, 7) is 0. The number of esters is 1. The SMILES string of the molecule is COC(=O)c1ncn(-c2c(F)cc(C(=O)O)cc2F)n1. The van der Waals surface area contributed by atoms with Gasteiger partial charge in [-0.15, -0.1) is 5.10 Å². The lowest BCUT2D eigenvalue weighted by molar-refractivity contribution is 0.0586. The van der Waals surface area contributed by atoms with Gasteiger partial charge in [-0.2, -0.15) is 0 Å². The lowest BCUT2D eigenvalue weighted by Gasteiger charge is -2.05. The Morgan fingerprint density at radius 1 is 1.30 bits per heavy atom. The Labute approximate surface area is 110 Å². The van der Waals surface area contributed by atoms with Crippen molar-refractivity contribution in [3.05, 3.63) is 41.5 Å². The van der Waals surface area contributed by atoms with E-state index in [1.165, 1.54) is 0 Å². The van der Waals surface area contributed by atoms with Gasteiger partial charge in [0.05, 0.1) is 12.7 Å². The van der Waals surface area contributed by atoms with Crippen molar-refractivity contribution in [1.29, 1.82) is 0 Å². The van der Waals surface area contributed by atoms with E-state index in [0.717, 1.165) is 13.4 Å². The number of rotatable bonds is 3. The zero-order chi connectivity index (χ0) is 14.9. The van der Waals surface area contributed by atoms with Gasteiger partial charge in [0.2, 0.25) is 0 Å². The maximum Gasteiger partial charge on any atom is 0.377 e. The molecule has 2 aromatic rings. The van der Waals surface area contributed by atoms with E-state index in [-0.39, 0.29) is 5.82 Å². The van der Waals surface area contributed by atoms with Crippen LogP contribution >= 0.6 is 0 Å². The number of ether oxygens (including phenoxy) is 1. The quantitative estimate of drug-likeness (QED) is 0.845. The number of hydrogen-bond donors (Lipinski definition) is 1. The van der Waals surface area contributed by atoms with Crippen LogP contribution in [0.5, 0.6) is 0 Å². The molecule has 1 N–H and O–H groups in total. The first-order valence-electron chi connectivity index (χ1n) is 5.16. The van der Waals surface area contributed by atoms with Crippen molar-refractivity contribution < 1.29 is 28.2 Å². The van der Waals surface area contributed by atoms with Crippen molar-refractivity contribution in [2.75, 3.05) is 7.11 Å². The largest absolute Gasteiger partial charge is 0.478 e. The van der Waals surface area contributed by atoms with Crippen LogP contribution in [0.3, 0.4) is 0 Å². The van der Waals surface area contributed by atoms with Gasteiger partial charge in [0.25, 0.3) is 5.82 Å². The Kier molecular flexibility index (Phi) is 3.42. The first-order valence-corrected chi connectivity index (χ1v) is 5.16. The first-order chi connectivity index (χ1) is 9.43. The molecule has 1 aromatic carbocycles. The highest BCUT2D eigenvalue weighted by Gasteiger charge is 2.19. The number of halogens is 2. The molecule has 0 radical (unpaired) electrons. The second kappa shape index (κ2) is 5.03. The molecule has 0 bridgehead atoms. The summed E-state index contributed by atoms with van der Waals surface area (Å²) >= 11 is 0. The lowest BCUT2D eigenvalue weighted by Crippen LogP contribution is -2.08. The molecule has 7 nitrogen and oxygen atoms in total. The van der Waals surface area contributed by atoms with Crippen LogP contribution in [-0.2, 0) is 4.74 Å². The molecule has 0 unspecified atom stereocenters. The molecule has 1 aromatic heterocycles. The summed E-state index contributed by atoms with van der Waals surface area (Å²) in [6.07, 6.45) is 0.911. The number of nitrogens with zero attached hydrogens (tertiary/aromatic N) is 3. The maximum absolute atomic E-state index is 13.7. The van der Waals surface area contributed by atoms with E-state index >= 15 is 0 Å². The smallest absolute Gasteiger partial charge is 0.377 e. The zero-order valence-electron chi connectivity index (χ0n) is 10.0. The molecule has 2 rings (SSSR count). The third-order valence-electron chi connectivity index (χ3n) is 2.35. The van der Waals surface area contributed by atoms with Gasteiger partial charge in [-0.1, -0.05) is 0 Å². The molecule has 0 aliphatic carbocycles. The van der Waals surface area contributed by atoms with E-state index in [2.05, 4.69) is 14.8 Å². The second-order valence-electron chi connectivity index (χ2n) is 3.60. The molecule has 0 saturated heterocycles. The normalized spacial score (nSPS) is 10.3. The van der Waals surface area contributed by atoms with E-state index in [0.29, 0.717) is 16.8 Å². The van der Waals surface area contributed by atoms with E-state index in [4.69, 9.17) is 5.11 Å². The predicted molar refractivity (Wildman–Crippen MR) is 59.6 cm³/mol. The minimum Gasteiger partial charge on any atom is -0.478 e. The fraction of sp³-hybridized carbons (Fsp3) is 0.0909. The van der Waals surface area contributed by atoms with Gasteiger partial charge in [0.1, 0.15) is 12.0 Å². The minimum absolute atomic E-state index is 0.381. The molecule has 0 aliphatic heterocycles. The van der Waals surface area contributed by atoms with Crippen molar-refractivity contribution in [3.8, 4) is 5.69 Å². The van der Waals surface area contributed by atoms with Crippen LogP contribution in [0.2, 0.25) is 0 Å². The highest BCUT2D eigenvalue weighted by atomic mass is 19.1. The minimum atomic E-state index is -1.47. The summed E-state index contributed by atoms with van der Waals surface area (Å²) in [4.78, 5) is 25.3. The Bertz CT molecular complexity index is 676. The number of methoxy groups -OCH3 is 1. The third kappa shape index (κ3) is 2.32. The van der Waals surface area contributed by atoms with Gasteiger partial charge in [-0.3, -0.25) is 0 Å². The average molecular weight is 283 g/mol. The van der Waals surface area contributed by atoms with E-state index in [1.807, 2.05) is 0 Å². The molecule has 20 heavy (non-hydrogen) atoms. The summed E-state index contributed by atoms with van der Waals surface area (Å²) in [5.41, 5.74) is -1.19. The Morgan fingerprint density at radius 3 is 2.40 bits per heavy atom. The summed E-state index contributed by atoms with van der Waals surface area (Å²) < 4.78 is 32.5. The van der Waals surface area contributed by atoms with Crippen LogP contribution in [0, 0.1) is 11.6 Å². The van der Waals surface area contributed by atoms with Crippen molar-refractivity contribution in [3.63, 3.8) is 0 Å². The molecule has 0 saturated carbocycles. The molecule has 104 valence electrons. The molecule has 0 amide bonds. The number of benzene rings is 1. The van der Waals surface area contributed by atoms with E-state index in [9.17, 15) is 18.4 Å². The van der Waals surface area contributed by atoms with E-state index in [1.54, 1.807) is 0 Å². The number of carbonyl (C=O) groups is 2. The van der Waals surface area contributed by atoms with Crippen molar-refractivity contribution in [2.24, 2.45) is 0 Å². The maximum atomic E-state index is 13.7. The predicted octanol–water partition coefficient (Wildman–Crippen LogP) is 1.03. The molecule has 1 heterocycles. The topological polar surface area (TPSA) is 94.3 Å². The highest BCUT2D eigenvalue weighted by Crippen LogP contribution is 2.19. The number of carboxylic acids is 1. The summed E-state index contributed by atoms with van der Waals surface area (Å²) in [5, 5.41) is 12.2. The van der Waals surface area contributed by atoms with Gasteiger partial charge >= 0.3 is 11.9 Å². The fourth-order valence-corrected chi connectivity index (χ4v) is 1.46. The Morgan fingerprint density at radius 2 is 1.90 bits per heavy atom. The van der Waals surface area contributed by atoms with Crippen LogP contribution < -0.4 is 0 Å². The van der Waals surface area contributed by atoms with E-state index < -0.39 is 34.8 Å². The number of hydrogen-bond acceptors (Lipinski definition) is 5. The monoisotopic (exact) mass is 283 g/mol. The molecular formula is C11H7F2N3O4. The molecule has 0 aliphatic rings. The first kappa shape index (κ1) is 13.6. The van der Waals surface area contributed by atoms with Gasteiger partial charge in [0, 0.05) is 0 Å². The third-order valence-corrected chi connectivity index (χ3v) is 2.35. The van der Waals surface area contributed by atoms with Crippen molar-refractivity contribution in [2.45, 2.75) is 0 Å². The fourth-order valence-electron chi connectivity index (χ4n) is 1.46. The molecule has 0 fully saturated rings. The van der Waals surface area contributed by atoms with Gasteiger partial charge in [-0.05, 0) is 12.1 Å². The summed E-state index contributed by atoms with van der Waals surface area (Å²) in [5.74, 6) is -5.02. The van der Waals surface area contributed by atoms with Gasteiger partial charge < -0.3 is 9.84 Å². The number of carboxylic acid groups (broad SMARTS) is 1. The van der Waals surface area contributed by atoms with Gasteiger partial charge in [-0.25, -0.2) is 28.0 Å². The van der Waals surface area contributed by atoms with Crippen LogP contribution in [0.4, 0.5) is 8.78 Å². The second-order valence-corrected chi connectivity index (χ2v) is 3.60. The number of aromatic nitrogens is 3. The number of aromatic carboxylic acids is 1. The van der Waals surface area contributed by atoms with Crippen LogP contribution in [0.1, 0.15) is 21.0 Å². The molecule has 0 atom stereocenters. The lowest BCUT2D eigenvalue weighted by atomic mass is 10.2. The Hall–Kier alpha value is -2.84. The van der Waals surface area contributed by atoms with Crippen LogP contribution in [0.15, 0.2) is 18.5 Å². The van der Waals surface area contributed by atoms with Crippen molar-refractivity contribution in [1.82, 2.24) is 14.8 Å². The van der Waals surface area contributed by atoms with Crippen molar-refractivity contribution >= 4 is 11.9 Å². The number of carbonyl (C=O) groups excluding carboxylic acids is 1. The molecule has 0 spiro atoms. The Balaban J connectivity index is 2.50. The van der Waals surface area contributed by atoms with Crippen LogP contribution in [-0.4, -0.2) is 38.9 Å². The van der Waals surface area contributed by atoms with Crippen LogP contribution in [0.25, 0.3) is 5.69 Å². The molecular weight excluding hydrogens is 276 g/mol. The zero-order valence-corrected chi connectivity index (χ0v) is 10.0. The van der Waals surface area contributed by atoms with Gasteiger partial charge in [0.15, 0.2) is 11.6 Å².